The number of primary amides is 1. The number of amides is 1. The maximum atomic E-state index is 12.5. The van der Waals surface area contributed by atoms with Gasteiger partial charge in [0.15, 0.2) is 5.82 Å². The van der Waals surface area contributed by atoms with E-state index in [1.165, 1.54) is 0 Å². The number of carbonyl (C=O) groups is 1. The van der Waals surface area contributed by atoms with E-state index in [0.717, 1.165) is 11.1 Å². The van der Waals surface area contributed by atoms with E-state index in [1.54, 1.807) is 29.8 Å². The van der Waals surface area contributed by atoms with Crippen LogP contribution >= 0.6 is 23.2 Å². The minimum atomic E-state index is -0.590. The third kappa shape index (κ3) is 4.60. The van der Waals surface area contributed by atoms with Crippen LogP contribution < -0.4 is 15.8 Å². The van der Waals surface area contributed by atoms with Gasteiger partial charge in [-0.25, -0.2) is 4.68 Å². The lowest BCUT2D eigenvalue weighted by molar-refractivity contribution is -0.115. The number of benzene rings is 3. The molecule has 1 aliphatic heterocycles. The Kier molecular flexibility index (Phi) is 6.19. The van der Waals surface area contributed by atoms with E-state index in [-0.39, 0.29) is 0 Å². The number of rotatable bonds is 6. The quantitative estimate of drug-likeness (QED) is 0.355. The van der Waals surface area contributed by atoms with Crippen LogP contribution in [-0.2, 0) is 11.4 Å². The number of allylic oxidation sites excluding steroid dienone is 1. The third-order valence-electron chi connectivity index (χ3n) is 5.72. The van der Waals surface area contributed by atoms with E-state index in [4.69, 9.17) is 38.8 Å². The lowest BCUT2D eigenvalue weighted by Crippen LogP contribution is -2.31. The fourth-order valence-corrected chi connectivity index (χ4v) is 4.35. The first-order valence-electron chi connectivity index (χ1n) is 10.9. The summed E-state index contributed by atoms with van der Waals surface area (Å²) in [4.78, 5) is 17.1. The molecule has 0 bridgehead atoms. The third-order valence-corrected chi connectivity index (χ3v) is 6.46. The fourth-order valence-electron chi connectivity index (χ4n) is 4.05. The predicted molar refractivity (Wildman–Crippen MR) is 136 cm³/mol. The number of halogens is 2. The van der Waals surface area contributed by atoms with Crippen molar-refractivity contribution in [1.82, 2.24) is 14.8 Å². The zero-order chi connectivity index (χ0) is 24.5. The second-order valence-corrected chi connectivity index (χ2v) is 8.92. The highest BCUT2D eigenvalue weighted by Crippen LogP contribution is 2.37. The van der Waals surface area contributed by atoms with Gasteiger partial charge in [-0.1, -0.05) is 65.7 Å². The molecule has 3 aromatic carbocycles. The van der Waals surface area contributed by atoms with Crippen LogP contribution in [0.1, 0.15) is 24.1 Å². The topological polar surface area (TPSA) is 95.1 Å². The molecule has 5 rings (SSSR count). The van der Waals surface area contributed by atoms with Crippen LogP contribution in [0.15, 0.2) is 84.1 Å². The van der Waals surface area contributed by atoms with E-state index < -0.39 is 11.9 Å². The number of nitrogens with zero attached hydrogens (tertiary/aromatic N) is 3. The van der Waals surface area contributed by atoms with E-state index >= 15 is 0 Å². The van der Waals surface area contributed by atoms with Gasteiger partial charge < -0.3 is 15.8 Å². The molecule has 1 aromatic heterocycles. The largest absolute Gasteiger partial charge is 0.489 e. The van der Waals surface area contributed by atoms with E-state index in [9.17, 15) is 4.79 Å². The predicted octanol–water partition coefficient (Wildman–Crippen LogP) is 5.61. The van der Waals surface area contributed by atoms with Gasteiger partial charge in [-0.3, -0.25) is 4.79 Å². The molecule has 1 atom stereocenters. The molecule has 1 unspecified atom stereocenters. The summed E-state index contributed by atoms with van der Waals surface area (Å²) in [5, 5.41) is 8.69. The average molecular weight is 506 g/mol. The molecule has 0 saturated carbocycles. The van der Waals surface area contributed by atoms with E-state index in [0.29, 0.717) is 51.0 Å². The first-order chi connectivity index (χ1) is 16.9. The molecular formula is C26H21Cl2N5O2. The molecule has 4 aromatic rings. The monoisotopic (exact) mass is 505 g/mol. The molecule has 0 radical (unpaired) electrons. The normalized spacial score (nSPS) is 14.9. The van der Waals surface area contributed by atoms with Crippen molar-refractivity contribution in [2.45, 2.75) is 19.6 Å². The number of hydrogen-bond donors (Lipinski definition) is 2. The number of nitrogens with one attached hydrogen (secondary N) is 1. The van der Waals surface area contributed by atoms with Gasteiger partial charge in [0.05, 0.1) is 15.6 Å². The van der Waals surface area contributed by atoms with E-state index in [2.05, 4.69) is 10.3 Å². The maximum Gasteiger partial charge on any atom is 0.248 e. The highest BCUT2D eigenvalue weighted by molar-refractivity contribution is 6.42. The summed E-state index contributed by atoms with van der Waals surface area (Å²) in [6.45, 7) is 2.21. The zero-order valence-corrected chi connectivity index (χ0v) is 20.2. The first kappa shape index (κ1) is 23.0. The Hall–Kier alpha value is -3.81. The van der Waals surface area contributed by atoms with Crippen molar-refractivity contribution >= 4 is 35.1 Å². The van der Waals surface area contributed by atoms with Gasteiger partial charge in [0.1, 0.15) is 18.4 Å². The summed E-state index contributed by atoms with van der Waals surface area (Å²) in [5.74, 6) is 1.03. The Balaban J connectivity index is 1.54. The van der Waals surface area contributed by atoms with Crippen molar-refractivity contribution in [2.24, 2.45) is 5.73 Å². The highest BCUT2D eigenvalue weighted by atomic mass is 35.5. The number of fused-ring (bicyclic) bond motifs is 1. The highest BCUT2D eigenvalue weighted by Gasteiger charge is 2.33. The summed E-state index contributed by atoms with van der Waals surface area (Å²) in [6, 6.07) is 22.0. The van der Waals surface area contributed by atoms with Crippen LogP contribution in [0, 0.1) is 0 Å². The molecule has 2 heterocycles. The first-order valence-corrected chi connectivity index (χ1v) is 11.6. The van der Waals surface area contributed by atoms with E-state index in [1.807, 2.05) is 54.6 Å². The molecule has 176 valence electrons. The standard InChI is InChI=1S/C26H21Cl2N5O2/c1-15-22(24(29)34)23(17-8-5-9-19(12-17)35-14-16-6-3-2-4-7-16)33-26(30-15)31-25(32-33)18-10-11-20(27)21(28)13-18/h2-13,23H,14H2,1H3,(H2,29,34)(H,30,31,32). The Morgan fingerprint density at radius 2 is 1.86 bits per heavy atom. The summed E-state index contributed by atoms with van der Waals surface area (Å²) >= 11 is 12.3. The number of anilines is 1. The number of aromatic nitrogens is 3. The molecule has 0 saturated heterocycles. The Labute approximate surface area is 212 Å². The van der Waals surface area contributed by atoms with Gasteiger partial charge in [0, 0.05) is 11.3 Å². The van der Waals surface area contributed by atoms with Crippen molar-refractivity contribution in [3.05, 3.63) is 105 Å². The van der Waals surface area contributed by atoms with Crippen LogP contribution in [0.4, 0.5) is 5.95 Å². The number of hydrogen-bond acceptors (Lipinski definition) is 5. The zero-order valence-electron chi connectivity index (χ0n) is 18.7. The minimum Gasteiger partial charge on any atom is -0.489 e. The summed E-state index contributed by atoms with van der Waals surface area (Å²) < 4.78 is 7.67. The molecule has 1 aliphatic rings. The van der Waals surface area contributed by atoms with Gasteiger partial charge in [-0.2, -0.15) is 4.98 Å². The smallest absolute Gasteiger partial charge is 0.248 e. The second-order valence-electron chi connectivity index (χ2n) is 8.11. The van der Waals surface area contributed by atoms with Gasteiger partial charge in [0.25, 0.3) is 0 Å². The second kappa shape index (κ2) is 9.44. The Morgan fingerprint density at radius 3 is 2.60 bits per heavy atom. The van der Waals surface area contributed by atoms with Crippen molar-refractivity contribution in [2.75, 3.05) is 5.32 Å². The van der Waals surface area contributed by atoms with Gasteiger partial charge >= 0.3 is 0 Å². The number of ether oxygens (including phenoxy) is 1. The Morgan fingerprint density at radius 1 is 1.06 bits per heavy atom. The lowest BCUT2D eigenvalue weighted by Gasteiger charge is -2.27. The molecule has 7 nitrogen and oxygen atoms in total. The van der Waals surface area contributed by atoms with Gasteiger partial charge in [-0.05, 0) is 48.4 Å². The molecule has 3 N–H and O–H groups in total. The number of carbonyl (C=O) groups excluding carboxylic acids is 1. The van der Waals surface area contributed by atoms with Crippen molar-refractivity contribution in [3.63, 3.8) is 0 Å². The summed E-state index contributed by atoms with van der Waals surface area (Å²) in [5.41, 5.74) is 9.35. The van der Waals surface area contributed by atoms with Crippen molar-refractivity contribution in [3.8, 4) is 17.1 Å². The summed E-state index contributed by atoms with van der Waals surface area (Å²) in [6.07, 6.45) is 0. The average Bonchev–Trinajstić information content (AvgIpc) is 3.27. The maximum absolute atomic E-state index is 12.5. The SMILES string of the molecule is CC1=C(C(N)=O)C(c2cccc(OCc3ccccc3)c2)n2nc(-c3ccc(Cl)c(Cl)c3)nc2N1. The molecule has 0 spiro atoms. The molecular weight excluding hydrogens is 485 g/mol. The van der Waals surface area contributed by atoms with Crippen LogP contribution in [0.2, 0.25) is 10.0 Å². The van der Waals surface area contributed by atoms with Crippen LogP contribution in [-0.4, -0.2) is 20.7 Å². The van der Waals surface area contributed by atoms with Crippen molar-refractivity contribution < 1.29 is 9.53 Å². The molecule has 0 fully saturated rings. The van der Waals surface area contributed by atoms with Crippen LogP contribution in [0.3, 0.4) is 0 Å². The summed E-state index contributed by atoms with van der Waals surface area (Å²) in [7, 11) is 0. The van der Waals surface area contributed by atoms with Crippen molar-refractivity contribution in [1.29, 1.82) is 0 Å². The molecule has 1 amide bonds. The number of nitrogens with two attached hydrogens (primary N) is 1. The Bertz CT molecular complexity index is 1450. The molecule has 35 heavy (non-hydrogen) atoms. The van der Waals surface area contributed by atoms with Gasteiger partial charge in [0.2, 0.25) is 11.9 Å². The minimum absolute atomic E-state index is 0.392. The van der Waals surface area contributed by atoms with Gasteiger partial charge in [-0.15, -0.1) is 5.10 Å². The van der Waals surface area contributed by atoms with Crippen LogP contribution in [0.5, 0.6) is 5.75 Å². The molecule has 9 heteroatoms. The fraction of sp³-hybridized carbons (Fsp3) is 0.115. The van der Waals surface area contributed by atoms with Crippen LogP contribution in [0.25, 0.3) is 11.4 Å². The lowest BCUT2D eigenvalue weighted by atomic mass is 9.95. The molecule has 0 aliphatic carbocycles.